The third kappa shape index (κ3) is 4.35. The van der Waals surface area contributed by atoms with Crippen LogP contribution in [0, 0.1) is 6.92 Å². The summed E-state index contributed by atoms with van der Waals surface area (Å²) in [4.78, 5) is 24.0. The van der Waals surface area contributed by atoms with Crippen molar-refractivity contribution in [3.8, 4) is 11.6 Å². The summed E-state index contributed by atoms with van der Waals surface area (Å²) in [6.07, 6.45) is 1.17. The number of nitrogens with zero attached hydrogens (tertiary/aromatic N) is 2. The average molecular weight is 443 g/mol. The molecule has 0 fully saturated rings. The number of aryl methyl sites for hydroxylation is 1. The number of nitrogens with two attached hydrogens (primary N) is 1. The van der Waals surface area contributed by atoms with E-state index in [0.717, 1.165) is 11.6 Å². The second-order valence-corrected chi connectivity index (χ2v) is 7.33. The van der Waals surface area contributed by atoms with Crippen LogP contribution in [-0.2, 0) is 0 Å². The first-order valence-electron chi connectivity index (χ1n) is 9.82. The third-order valence-electron chi connectivity index (χ3n) is 5.15. The van der Waals surface area contributed by atoms with E-state index in [9.17, 15) is 18.0 Å². The number of halogens is 3. The highest BCUT2D eigenvalue weighted by Crippen LogP contribution is 2.34. The fourth-order valence-corrected chi connectivity index (χ4v) is 3.46. The molecule has 0 bridgehead atoms. The van der Waals surface area contributed by atoms with E-state index in [0.29, 0.717) is 22.7 Å². The van der Waals surface area contributed by atoms with E-state index in [1.165, 1.54) is 18.5 Å². The third-order valence-corrected chi connectivity index (χ3v) is 5.15. The molecule has 1 aliphatic carbocycles. The zero-order chi connectivity index (χ0) is 22.9. The van der Waals surface area contributed by atoms with Gasteiger partial charge in [-0.2, -0.15) is 13.2 Å². The van der Waals surface area contributed by atoms with Gasteiger partial charge in [0.05, 0.1) is 17.0 Å². The Hall–Kier alpha value is -3.66. The van der Waals surface area contributed by atoms with Crippen molar-refractivity contribution >= 4 is 16.9 Å². The number of ether oxygens (including phenoxy) is 1. The maximum Gasteiger partial charge on any atom is 0.416 e. The van der Waals surface area contributed by atoms with E-state index in [4.69, 9.17) is 10.5 Å². The first kappa shape index (κ1) is 21.6. The van der Waals surface area contributed by atoms with Crippen molar-refractivity contribution in [1.82, 2.24) is 20.3 Å². The fraction of sp³-hybridized carbons (Fsp3) is 0.227. The van der Waals surface area contributed by atoms with E-state index in [2.05, 4.69) is 20.3 Å². The summed E-state index contributed by atoms with van der Waals surface area (Å²) in [5.41, 5.74) is 6.25. The molecule has 2 heterocycles. The Labute approximate surface area is 181 Å². The zero-order valence-corrected chi connectivity index (χ0v) is 17.0. The van der Waals surface area contributed by atoms with Gasteiger partial charge in [-0.1, -0.05) is 12.1 Å². The van der Waals surface area contributed by atoms with Gasteiger partial charge in [0.2, 0.25) is 5.88 Å². The van der Waals surface area contributed by atoms with Crippen LogP contribution in [-0.4, -0.2) is 39.6 Å². The number of benzene rings is 1. The monoisotopic (exact) mass is 443 g/mol. The van der Waals surface area contributed by atoms with Gasteiger partial charge in [0.25, 0.3) is 5.91 Å². The summed E-state index contributed by atoms with van der Waals surface area (Å²) in [6, 6.07) is 5.78. The van der Waals surface area contributed by atoms with Gasteiger partial charge in [-0.3, -0.25) is 4.79 Å². The lowest BCUT2D eigenvalue weighted by molar-refractivity contribution is -0.0900. The van der Waals surface area contributed by atoms with Crippen molar-refractivity contribution in [2.75, 3.05) is 6.54 Å². The number of hydrogen-bond acceptors (Lipinski definition) is 5. The summed E-state index contributed by atoms with van der Waals surface area (Å²) in [7, 11) is 0. The normalized spacial score (nSPS) is 16.5. The number of carbonyl (C=O) groups excluding carboxylic acids is 1. The number of rotatable bonds is 5. The minimum Gasteiger partial charge on any atom is -0.438 e. The molecule has 1 aromatic carbocycles. The number of amides is 1. The summed E-state index contributed by atoms with van der Waals surface area (Å²) in [6.45, 7) is 1.59. The highest BCUT2D eigenvalue weighted by molar-refractivity contribution is 5.95. The van der Waals surface area contributed by atoms with Crippen molar-refractivity contribution in [1.29, 1.82) is 0 Å². The second kappa shape index (κ2) is 8.46. The van der Waals surface area contributed by atoms with E-state index in [1.54, 1.807) is 24.4 Å². The highest BCUT2D eigenvalue weighted by atomic mass is 19.4. The molecule has 0 aliphatic heterocycles. The number of carbonyl (C=O) groups is 1. The van der Waals surface area contributed by atoms with E-state index in [1.807, 2.05) is 6.92 Å². The van der Waals surface area contributed by atoms with Gasteiger partial charge in [0, 0.05) is 18.3 Å². The zero-order valence-electron chi connectivity index (χ0n) is 17.0. The standard InChI is InChI=1S/C22H20F3N5O2/c1-12-2-3-13(8-18(12)32-21-16-6-7-27-19(16)28-11-29-21)20(31)30-15-5-4-14(10-26)17(9-15)22(23,24)25/h2-4,6-9,11,15H,5,10,26H2,1H3,(H,30,31)(H,27,28,29). The van der Waals surface area contributed by atoms with Crippen molar-refractivity contribution in [3.05, 3.63) is 71.2 Å². The van der Waals surface area contributed by atoms with Crippen LogP contribution in [0.2, 0.25) is 0 Å². The van der Waals surface area contributed by atoms with Gasteiger partial charge in [0.15, 0.2) is 0 Å². The molecule has 0 saturated carbocycles. The van der Waals surface area contributed by atoms with Gasteiger partial charge >= 0.3 is 6.18 Å². The number of nitrogens with one attached hydrogen (secondary N) is 2. The van der Waals surface area contributed by atoms with E-state index in [-0.39, 0.29) is 24.1 Å². The van der Waals surface area contributed by atoms with Crippen LogP contribution in [0.1, 0.15) is 22.3 Å². The maximum atomic E-state index is 13.3. The number of aromatic amines is 1. The molecule has 1 atom stereocenters. The number of H-pyrrole nitrogens is 1. The minimum atomic E-state index is -4.54. The molecule has 1 amide bonds. The summed E-state index contributed by atoms with van der Waals surface area (Å²) >= 11 is 0. The summed E-state index contributed by atoms with van der Waals surface area (Å²) < 4.78 is 45.8. The molecular formula is C22H20F3N5O2. The molecular weight excluding hydrogens is 423 g/mol. The molecule has 0 spiro atoms. The molecule has 7 nitrogen and oxygen atoms in total. The number of fused-ring (bicyclic) bond motifs is 1. The predicted octanol–water partition coefficient (Wildman–Crippen LogP) is 3.93. The first-order chi connectivity index (χ1) is 15.3. The molecule has 3 aromatic rings. The molecule has 0 saturated heterocycles. The van der Waals surface area contributed by atoms with Gasteiger partial charge in [-0.15, -0.1) is 0 Å². The van der Waals surface area contributed by atoms with Crippen molar-refractivity contribution in [2.45, 2.75) is 25.6 Å². The Morgan fingerprint density at radius 3 is 2.88 bits per heavy atom. The lowest BCUT2D eigenvalue weighted by atomic mass is 9.94. The van der Waals surface area contributed by atoms with Gasteiger partial charge in [-0.05, 0) is 48.8 Å². The largest absolute Gasteiger partial charge is 0.438 e. The Bertz CT molecular complexity index is 1230. The predicted molar refractivity (Wildman–Crippen MR) is 112 cm³/mol. The smallest absolute Gasteiger partial charge is 0.416 e. The summed E-state index contributed by atoms with van der Waals surface area (Å²) in [5.74, 6) is 0.206. The van der Waals surface area contributed by atoms with Crippen LogP contribution < -0.4 is 15.8 Å². The SMILES string of the molecule is Cc1ccc(C(=O)NC2C=C(C(F)(F)F)C(CN)=CC2)cc1Oc1ncnc2[nH]ccc12. The number of aromatic nitrogens is 3. The van der Waals surface area contributed by atoms with Crippen molar-refractivity contribution < 1.29 is 22.7 Å². The minimum absolute atomic E-state index is 0.0231. The maximum absolute atomic E-state index is 13.3. The molecule has 4 N–H and O–H groups in total. The quantitative estimate of drug-likeness (QED) is 0.554. The molecule has 4 rings (SSSR count). The fourth-order valence-electron chi connectivity index (χ4n) is 3.46. The summed E-state index contributed by atoms with van der Waals surface area (Å²) in [5, 5.41) is 3.31. The number of hydrogen-bond donors (Lipinski definition) is 3. The molecule has 0 radical (unpaired) electrons. The first-order valence-corrected chi connectivity index (χ1v) is 9.82. The van der Waals surface area contributed by atoms with Gasteiger partial charge < -0.3 is 20.8 Å². The molecule has 1 unspecified atom stereocenters. The molecule has 2 aromatic heterocycles. The van der Waals surface area contributed by atoms with Crippen molar-refractivity contribution in [2.24, 2.45) is 5.73 Å². The van der Waals surface area contributed by atoms with Crippen LogP contribution in [0.4, 0.5) is 13.2 Å². The Morgan fingerprint density at radius 2 is 2.12 bits per heavy atom. The molecule has 1 aliphatic rings. The Kier molecular flexibility index (Phi) is 5.70. The van der Waals surface area contributed by atoms with Gasteiger partial charge in [0.1, 0.15) is 17.7 Å². The van der Waals surface area contributed by atoms with Crippen LogP contribution in [0.3, 0.4) is 0 Å². The van der Waals surface area contributed by atoms with Crippen molar-refractivity contribution in [3.63, 3.8) is 0 Å². The van der Waals surface area contributed by atoms with E-state index >= 15 is 0 Å². The molecule has 166 valence electrons. The number of alkyl halides is 3. The molecule has 32 heavy (non-hydrogen) atoms. The molecule has 10 heteroatoms. The lowest BCUT2D eigenvalue weighted by Crippen LogP contribution is -2.36. The lowest BCUT2D eigenvalue weighted by Gasteiger charge is -2.24. The highest BCUT2D eigenvalue weighted by Gasteiger charge is 2.37. The topological polar surface area (TPSA) is 106 Å². The van der Waals surface area contributed by atoms with Crippen LogP contribution in [0.25, 0.3) is 11.0 Å². The van der Waals surface area contributed by atoms with Crippen LogP contribution in [0.5, 0.6) is 11.6 Å². The van der Waals surface area contributed by atoms with Crippen LogP contribution >= 0.6 is 0 Å². The Morgan fingerprint density at radius 1 is 1.31 bits per heavy atom. The average Bonchev–Trinajstić information content (AvgIpc) is 3.24. The van der Waals surface area contributed by atoms with Crippen LogP contribution in [0.15, 0.2) is 60.1 Å². The van der Waals surface area contributed by atoms with E-state index < -0.39 is 23.7 Å². The van der Waals surface area contributed by atoms with Gasteiger partial charge in [-0.25, -0.2) is 9.97 Å². The second-order valence-electron chi connectivity index (χ2n) is 7.33. The Balaban J connectivity index is 1.55.